The van der Waals surface area contributed by atoms with Crippen molar-refractivity contribution in [1.29, 1.82) is 0 Å². The molecule has 0 aromatic carbocycles. The van der Waals surface area contributed by atoms with E-state index in [1.807, 2.05) is 0 Å². The molecule has 1 heterocycles. The lowest BCUT2D eigenvalue weighted by Crippen LogP contribution is -2.14. The van der Waals surface area contributed by atoms with Gasteiger partial charge in [-0.05, 0) is 6.92 Å². The van der Waals surface area contributed by atoms with E-state index in [1.54, 1.807) is 5.38 Å². The van der Waals surface area contributed by atoms with E-state index in [1.165, 1.54) is 14.0 Å². The monoisotopic (exact) mass is 264 g/mol. The summed E-state index contributed by atoms with van der Waals surface area (Å²) in [7, 11) is -2.02. The molecular formula is C8H12N2O4S2. The zero-order valence-electron chi connectivity index (χ0n) is 8.89. The Balaban J connectivity index is 2.69. The first kappa shape index (κ1) is 12.9. The molecule has 0 saturated carbocycles. The Morgan fingerprint density at radius 2 is 2.31 bits per heavy atom. The third-order valence-corrected chi connectivity index (χ3v) is 3.93. The van der Waals surface area contributed by atoms with Crippen molar-refractivity contribution in [3.05, 3.63) is 11.1 Å². The van der Waals surface area contributed by atoms with Crippen LogP contribution < -0.4 is 4.72 Å². The fourth-order valence-corrected chi connectivity index (χ4v) is 2.44. The quantitative estimate of drug-likeness (QED) is 0.788. The molecule has 1 aromatic heterocycles. The number of sulfonamides is 1. The number of nitrogens with zero attached hydrogens (tertiary/aromatic N) is 1. The van der Waals surface area contributed by atoms with Crippen LogP contribution in [0.25, 0.3) is 0 Å². The van der Waals surface area contributed by atoms with Crippen molar-refractivity contribution < 1.29 is 17.9 Å². The van der Waals surface area contributed by atoms with Gasteiger partial charge in [-0.1, -0.05) is 0 Å². The lowest BCUT2D eigenvalue weighted by molar-refractivity contribution is -0.139. The van der Waals surface area contributed by atoms with Gasteiger partial charge in [0.2, 0.25) is 10.0 Å². The number of methoxy groups -OCH3 is 1. The van der Waals surface area contributed by atoms with Crippen LogP contribution >= 0.6 is 11.3 Å². The van der Waals surface area contributed by atoms with Gasteiger partial charge in [0.05, 0.1) is 25.0 Å². The van der Waals surface area contributed by atoms with Gasteiger partial charge in [0.25, 0.3) is 0 Å². The fraction of sp³-hybridized carbons (Fsp3) is 0.500. The van der Waals surface area contributed by atoms with E-state index < -0.39 is 16.0 Å². The molecule has 1 N–H and O–H groups in total. The molecule has 0 amide bonds. The largest absolute Gasteiger partial charge is 0.469 e. The summed E-state index contributed by atoms with van der Waals surface area (Å²) in [6.45, 7) is 1.53. The maximum atomic E-state index is 11.2. The molecule has 16 heavy (non-hydrogen) atoms. The molecule has 90 valence electrons. The van der Waals surface area contributed by atoms with E-state index in [0.29, 0.717) is 5.69 Å². The topological polar surface area (TPSA) is 85.4 Å². The van der Waals surface area contributed by atoms with Crippen molar-refractivity contribution in [1.82, 2.24) is 4.98 Å². The van der Waals surface area contributed by atoms with Crippen LogP contribution in [0.2, 0.25) is 0 Å². The number of nitrogens with one attached hydrogen (secondary N) is 1. The van der Waals surface area contributed by atoms with Crippen LogP contribution in [0.5, 0.6) is 0 Å². The van der Waals surface area contributed by atoms with Crippen molar-refractivity contribution in [2.45, 2.75) is 13.3 Å². The SMILES string of the molecule is CCS(=O)(=O)Nc1nc(CC(=O)OC)cs1. The van der Waals surface area contributed by atoms with E-state index in [9.17, 15) is 13.2 Å². The molecular weight excluding hydrogens is 252 g/mol. The number of thiazole rings is 1. The van der Waals surface area contributed by atoms with E-state index in [4.69, 9.17) is 0 Å². The van der Waals surface area contributed by atoms with Crippen molar-refractivity contribution in [2.24, 2.45) is 0 Å². The highest BCUT2D eigenvalue weighted by Crippen LogP contribution is 2.17. The molecule has 0 spiro atoms. The van der Waals surface area contributed by atoms with E-state index >= 15 is 0 Å². The van der Waals surface area contributed by atoms with Gasteiger partial charge in [0.15, 0.2) is 5.13 Å². The molecule has 8 heteroatoms. The van der Waals surface area contributed by atoms with Gasteiger partial charge < -0.3 is 4.74 Å². The Morgan fingerprint density at radius 3 is 2.88 bits per heavy atom. The molecule has 0 aliphatic heterocycles. The second-order valence-electron chi connectivity index (χ2n) is 2.90. The summed E-state index contributed by atoms with van der Waals surface area (Å²) in [4.78, 5) is 14.9. The van der Waals surface area contributed by atoms with Gasteiger partial charge in [-0.25, -0.2) is 13.4 Å². The average molecular weight is 264 g/mol. The number of aromatic nitrogens is 1. The van der Waals surface area contributed by atoms with E-state index in [0.717, 1.165) is 11.3 Å². The highest BCUT2D eigenvalue weighted by Gasteiger charge is 2.11. The van der Waals surface area contributed by atoms with Crippen LogP contribution in [0.15, 0.2) is 5.38 Å². The second kappa shape index (κ2) is 5.26. The molecule has 6 nitrogen and oxygen atoms in total. The minimum Gasteiger partial charge on any atom is -0.469 e. The maximum absolute atomic E-state index is 11.2. The van der Waals surface area contributed by atoms with Gasteiger partial charge in [0, 0.05) is 5.38 Å². The summed E-state index contributed by atoms with van der Waals surface area (Å²) in [5.41, 5.74) is 0.491. The summed E-state index contributed by atoms with van der Waals surface area (Å²) in [5.74, 6) is -0.422. The van der Waals surface area contributed by atoms with Crippen LogP contribution in [0.3, 0.4) is 0 Å². The lowest BCUT2D eigenvalue weighted by atomic mass is 10.3. The Kier molecular flexibility index (Phi) is 4.25. The molecule has 0 fully saturated rings. The van der Waals surface area contributed by atoms with Crippen molar-refractivity contribution in [2.75, 3.05) is 17.6 Å². The zero-order valence-corrected chi connectivity index (χ0v) is 10.5. The predicted octanol–water partition coefficient (Wildman–Crippen LogP) is 0.620. The first-order valence-corrected chi connectivity index (χ1v) is 7.01. The maximum Gasteiger partial charge on any atom is 0.311 e. The number of anilines is 1. The highest BCUT2D eigenvalue weighted by molar-refractivity contribution is 7.92. The van der Waals surface area contributed by atoms with Gasteiger partial charge >= 0.3 is 5.97 Å². The standard InChI is InChI=1S/C8H12N2O4S2/c1-3-16(12,13)10-8-9-6(5-15-8)4-7(11)14-2/h5H,3-4H2,1-2H3,(H,9,10). The van der Waals surface area contributed by atoms with Crippen LogP contribution in [-0.4, -0.2) is 32.2 Å². The average Bonchev–Trinajstić information content (AvgIpc) is 2.64. The van der Waals surface area contributed by atoms with Gasteiger partial charge in [-0.3, -0.25) is 9.52 Å². The van der Waals surface area contributed by atoms with Gasteiger partial charge in [0.1, 0.15) is 0 Å². The third kappa shape index (κ3) is 3.78. The van der Waals surface area contributed by atoms with Crippen LogP contribution in [-0.2, 0) is 26.0 Å². The molecule has 0 bridgehead atoms. The van der Waals surface area contributed by atoms with Crippen LogP contribution in [0.4, 0.5) is 5.13 Å². The molecule has 0 aliphatic rings. The van der Waals surface area contributed by atoms with Crippen LogP contribution in [0, 0.1) is 0 Å². The number of hydrogen-bond acceptors (Lipinski definition) is 6. The Morgan fingerprint density at radius 1 is 1.62 bits per heavy atom. The molecule has 0 atom stereocenters. The molecule has 0 saturated heterocycles. The summed E-state index contributed by atoms with van der Waals surface area (Å²) in [6, 6.07) is 0. The molecule has 1 rings (SSSR count). The molecule has 0 radical (unpaired) electrons. The first-order chi connectivity index (χ1) is 7.46. The number of carbonyl (C=O) groups is 1. The van der Waals surface area contributed by atoms with E-state index in [2.05, 4.69) is 14.4 Å². The summed E-state index contributed by atoms with van der Waals surface area (Å²) in [6.07, 6.45) is 0.0425. The first-order valence-electron chi connectivity index (χ1n) is 4.48. The minimum atomic E-state index is -3.31. The number of hydrogen-bond donors (Lipinski definition) is 1. The van der Waals surface area contributed by atoms with Gasteiger partial charge in [-0.2, -0.15) is 0 Å². The zero-order chi connectivity index (χ0) is 12.2. The number of carbonyl (C=O) groups excluding carboxylic acids is 1. The molecule has 0 aliphatic carbocycles. The normalized spacial score (nSPS) is 11.1. The minimum absolute atomic E-state index is 0.0150. The summed E-state index contributed by atoms with van der Waals surface area (Å²) < 4.78 is 29.2. The Hall–Kier alpha value is -1.15. The van der Waals surface area contributed by atoms with Crippen molar-refractivity contribution in [3.8, 4) is 0 Å². The fourth-order valence-electron chi connectivity index (χ4n) is 0.860. The van der Waals surface area contributed by atoms with E-state index in [-0.39, 0.29) is 17.3 Å². The highest BCUT2D eigenvalue weighted by atomic mass is 32.2. The molecule has 1 aromatic rings. The smallest absolute Gasteiger partial charge is 0.311 e. The number of rotatable bonds is 5. The second-order valence-corrected chi connectivity index (χ2v) is 5.77. The summed E-state index contributed by atoms with van der Waals surface area (Å²) >= 11 is 1.14. The predicted molar refractivity (Wildman–Crippen MR) is 60.9 cm³/mol. The van der Waals surface area contributed by atoms with Crippen molar-refractivity contribution >= 4 is 32.5 Å². The Bertz CT molecular complexity index is 466. The van der Waals surface area contributed by atoms with Gasteiger partial charge in [-0.15, -0.1) is 11.3 Å². The van der Waals surface area contributed by atoms with Crippen molar-refractivity contribution in [3.63, 3.8) is 0 Å². The van der Waals surface area contributed by atoms with Crippen LogP contribution in [0.1, 0.15) is 12.6 Å². The lowest BCUT2D eigenvalue weighted by Gasteiger charge is -2.00. The Labute approximate surface area is 97.7 Å². The summed E-state index contributed by atoms with van der Waals surface area (Å²) in [5, 5.41) is 1.88. The molecule has 0 unspecified atom stereocenters. The number of esters is 1. The third-order valence-electron chi connectivity index (χ3n) is 1.73. The number of ether oxygens (including phenoxy) is 1.